The van der Waals surface area contributed by atoms with E-state index in [1.54, 1.807) is 14.2 Å². The second-order valence-corrected chi connectivity index (χ2v) is 4.89. The third kappa shape index (κ3) is 3.56. The minimum atomic E-state index is -0.278. The summed E-state index contributed by atoms with van der Waals surface area (Å²) < 4.78 is 10.3. The lowest BCUT2D eigenvalue weighted by Gasteiger charge is -2.26. The molecule has 0 bridgehead atoms. The summed E-state index contributed by atoms with van der Waals surface area (Å²) in [6, 6.07) is 7.79. The van der Waals surface area contributed by atoms with E-state index in [2.05, 4.69) is 16.7 Å². The van der Waals surface area contributed by atoms with E-state index in [4.69, 9.17) is 9.47 Å². The number of amides is 1. The molecule has 2 unspecified atom stereocenters. The molecule has 0 spiro atoms. The van der Waals surface area contributed by atoms with Gasteiger partial charge < -0.3 is 20.1 Å². The Labute approximate surface area is 119 Å². The molecule has 0 saturated heterocycles. The molecule has 0 radical (unpaired) electrons. The summed E-state index contributed by atoms with van der Waals surface area (Å²) in [6.45, 7) is 1.73. The van der Waals surface area contributed by atoms with Crippen LogP contribution in [0.3, 0.4) is 0 Å². The summed E-state index contributed by atoms with van der Waals surface area (Å²) in [4.78, 5) is 12.3. The maximum atomic E-state index is 12.3. The highest BCUT2D eigenvalue weighted by Crippen LogP contribution is 2.22. The van der Waals surface area contributed by atoms with Gasteiger partial charge in [-0.15, -0.1) is 0 Å². The number of methoxy groups -OCH3 is 2. The molecule has 1 aromatic rings. The van der Waals surface area contributed by atoms with Crippen molar-refractivity contribution in [2.24, 2.45) is 0 Å². The van der Waals surface area contributed by atoms with Crippen LogP contribution in [0.4, 0.5) is 0 Å². The smallest absolute Gasteiger partial charge is 0.241 e. The average molecular weight is 278 g/mol. The minimum absolute atomic E-state index is 0.0182. The largest absolute Gasteiger partial charge is 0.382 e. The molecule has 1 heterocycles. The lowest BCUT2D eigenvalue weighted by Crippen LogP contribution is -2.44. The van der Waals surface area contributed by atoms with Crippen molar-refractivity contribution in [2.75, 3.05) is 33.9 Å². The van der Waals surface area contributed by atoms with Gasteiger partial charge in [-0.2, -0.15) is 0 Å². The Kier molecular flexibility index (Phi) is 5.52. The third-order valence-corrected chi connectivity index (χ3v) is 3.56. The van der Waals surface area contributed by atoms with Crippen LogP contribution in [-0.2, 0) is 20.7 Å². The fourth-order valence-electron chi connectivity index (χ4n) is 2.45. The number of carbonyl (C=O) groups excluding carboxylic acids is 1. The molecule has 1 aliphatic rings. The van der Waals surface area contributed by atoms with Gasteiger partial charge in [0.25, 0.3) is 0 Å². The van der Waals surface area contributed by atoms with Crippen LogP contribution in [0.5, 0.6) is 0 Å². The normalized spacial score (nSPS) is 19.2. The number of nitrogens with one attached hydrogen (secondary N) is 2. The second-order valence-electron chi connectivity index (χ2n) is 4.89. The van der Waals surface area contributed by atoms with Crippen LogP contribution in [0.15, 0.2) is 24.3 Å². The predicted octanol–water partition coefficient (Wildman–Crippen LogP) is 0.651. The van der Waals surface area contributed by atoms with Crippen LogP contribution in [0.1, 0.15) is 17.2 Å². The summed E-state index contributed by atoms with van der Waals surface area (Å²) in [5.74, 6) is -0.0182. The van der Waals surface area contributed by atoms with Crippen molar-refractivity contribution in [2.45, 2.75) is 18.6 Å². The highest BCUT2D eigenvalue weighted by molar-refractivity contribution is 5.83. The standard InChI is InChI=1S/C15H22N2O3/c1-19-10-12(20-2)9-17-15(18)14-13-6-4-3-5-11(13)7-8-16-14/h3-6,12,14,16H,7-10H2,1-2H3,(H,17,18). The third-order valence-electron chi connectivity index (χ3n) is 3.56. The Morgan fingerprint density at radius 1 is 1.45 bits per heavy atom. The number of rotatable bonds is 6. The number of carbonyl (C=O) groups is 1. The number of hydrogen-bond donors (Lipinski definition) is 2. The molecule has 2 N–H and O–H groups in total. The molecule has 2 atom stereocenters. The quantitative estimate of drug-likeness (QED) is 0.802. The van der Waals surface area contributed by atoms with E-state index in [1.807, 2.05) is 18.2 Å². The molecule has 110 valence electrons. The van der Waals surface area contributed by atoms with Gasteiger partial charge in [0.15, 0.2) is 0 Å². The maximum Gasteiger partial charge on any atom is 0.241 e. The average Bonchev–Trinajstić information content (AvgIpc) is 2.50. The summed E-state index contributed by atoms with van der Waals surface area (Å²) in [7, 11) is 3.23. The van der Waals surface area contributed by atoms with E-state index < -0.39 is 0 Å². The van der Waals surface area contributed by atoms with Crippen molar-refractivity contribution >= 4 is 5.91 Å². The van der Waals surface area contributed by atoms with Gasteiger partial charge in [-0.3, -0.25) is 4.79 Å². The molecule has 1 aliphatic heterocycles. The van der Waals surface area contributed by atoms with Gasteiger partial charge in [0.1, 0.15) is 6.04 Å². The van der Waals surface area contributed by atoms with Crippen LogP contribution >= 0.6 is 0 Å². The Bertz CT molecular complexity index is 450. The molecule has 0 aromatic heterocycles. The van der Waals surface area contributed by atoms with Crippen LogP contribution in [-0.4, -0.2) is 45.9 Å². The van der Waals surface area contributed by atoms with Gasteiger partial charge in [-0.05, 0) is 17.5 Å². The molecule has 0 saturated carbocycles. The fourth-order valence-corrected chi connectivity index (χ4v) is 2.45. The predicted molar refractivity (Wildman–Crippen MR) is 76.6 cm³/mol. The van der Waals surface area contributed by atoms with Crippen molar-refractivity contribution < 1.29 is 14.3 Å². The second kappa shape index (κ2) is 7.38. The van der Waals surface area contributed by atoms with Gasteiger partial charge >= 0.3 is 0 Å². The molecule has 5 heteroatoms. The summed E-state index contributed by atoms with van der Waals surface area (Å²) in [6.07, 6.45) is 0.840. The molecule has 1 amide bonds. The van der Waals surface area contributed by atoms with Crippen molar-refractivity contribution in [1.29, 1.82) is 0 Å². The molecule has 5 nitrogen and oxygen atoms in total. The van der Waals surface area contributed by atoms with Crippen molar-refractivity contribution in [3.05, 3.63) is 35.4 Å². The topological polar surface area (TPSA) is 59.6 Å². The maximum absolute atomic E-state index is 12.3. The first kappa shape index (κ1) is 15.0. The van der Waals surface area contributed by atoms with Crippen LogP contribution in [0.25, 0.3) is 0 Å². The molecular formula is C15H22N2O3. The Morgan fingerprint density at radius 2 is 2.25 bits per heavy atom. The Hall–Kier alpha value is -1.43. The van der Waals surface area contributed by atoms with E-state index in [0.717, 1.165) is 18.5 Å². The highest BCUT2D eigenvalue weighted by atomic mass is 16.5. The van der Waals surface area contributed by atoms with Crippen LogP contribution in [0, 0.1) is 0 Å². The van der Waals surface area contributed by atoms with Crippen LogP contribution in [0.2, 0.25) is 0 Å². The molecular weight excluding hydrogens is 256 g/mol. The molecule has 0 aliphatic carbocycles. The summed E-state index contributed by atoms with van der Waals surface area (Å²) in [5.41, 5.74) is 2.31. The Morgan fingerprint density at radius 3 is 3.00 bits per heavy atom. The first-order valence-electron chi connectivity index (χ1n) is 6.87. The number of fused-ring (bicyclic) bond motifs is 1. The molecule has 0 fully saturated rings. The van der Waals surface area contributed by atoms with Crippen molar-refractivity contribution in [1.82, 2.24) is 10.6 Å². The number of benzene rings is 1. The first-order chi connectivity index (χ1) is 9.76. The lowest BCUT2D eigenvalue weighted by molar-refractivity contribution is -0.124. The zero-order valence-electron chi connectivity index (χ0n) is 12.0. The van der Waals surface area contributed by atoms with Crippen molar-refractivity contribution in [3.8, 4) is 0 Å². The van der Waals surface area contributed by atoms with Gasteiger partial charge in [-0.1, -0.05) is 24.3 Å². The molecule has 20 heavy (non-hydrogen) atoms. The van der Waals surface area contributed by atoms with E-state index in [-0.39, 0.29) is 18.1 Å². The molecule has 1 aromatic carbocycles. The lowest BCUT2D eigenvalue weighted by atomic mass is 9.94. The van der Waals surface area contributed by atoms with E-state index >= 15 is 0 Å². The summed E-state index contributed by atoms with van der Waals surface area (Å²) >= 11 is 0. The highest BCUT2D eigenvalue weighted by Gasteiger charge is 2.25. The van der Waals surface area contributed by atoms with E-state index in [9.17, 15) is 4.79 Å². The van der Waals surface area contributed by atoms with E-state index in [1.165, 1.54) is 5.56 Å². The first-order valence-corrected chi connectivity index (χ1v) is 6.87. The minimum Gasteiger partial charge on any atom is -0.382 e. The van der Waals surface area contributed by atoms with Gasteiger partial charge in [0.05, 0.1) is 12.7 Å². The molecule has 2 rings (SSSR count). The van der Waals surface area contributed by atoms with E-state index in [0.29, 0.717) is 13.2 Å². The van der Waals surface area contributed by atoms with Gasteiger partial charge in [0.2, 0.25) is 5.91 Å². The number of ether oxygens (including phenoxy) is 2. The zero-order valence-corrected chi connectivity index (χ0v) is 12.0. The monoisotopic (exact) mass is 278 g/mol. The Balaban J connectivity index is 1.97. The van der Waals surface area contributed by atoms with Crippen molar-refractivity contribution in [3.63, 3.8) is 0 Å². The zero-order chi connectivity index (χ0) is 14.4. The summed E-state index contributed by atoms with van der Waals surface area (Å²) in [5, 5.41) is 6.19. The van der Waals surface area contributed by atoms with Gasteiger partial charge in [0, 0.05) is 27.3 Å². The fraction of sp³-hybridized carbons (Fsp3) is 0.533. The SMILES string of the molecule is COCC(CNC(=O)C1NCCc2ccccc21)OC. The number of hydrogen-bond acceptors (Lipinski definition) is 4. The van der Waals surface area contributed by atoms with Crippen LogP contribution < -0.4 is 10.6 Å². The van der Waals surface area contributed by atoms with Gasteiger partial charge in [-0.25, -0.2) is 0 Å².